The molecule has 0 radical (unpaired) electrons. The first-order valence-corrected chi connectivity index (χ1v) is 9.06. The molecule has 0 saturated heterocycles. The molecule has 5 heteroatoms. The summed E-state index contributed by atoms with van der Waals surface area (Å²) in [6.45, 7) is 4.45. The van der Waals surface area contributed by atoms with Gasteiger partial charge in [-0.15, -0.1) is 0 Å². The minimum absolute atomic E-state index is 0.190. The van der Waals surface area contributed by atoms with E-state index >= 15 is 0 Å². The van der Waals surface area contributed by atoms with E-state index in [1.54, 1.807) is 6.92 Å². The van der Waals surface area contributed by atoms with Gasteiger partial charge in [0, 0.05) is 12.3 Å². The molecular weight excluding hydrogens is 274 g/mol. The summed E-state index contributed by atoms with van der Waals surface area (Å²) >= 11 is 0. The third-order valence-electron chi connectivity index (χ3n) is 3.64. The second kappa shape index (κ2) is 6.14. The van der Waals surface area contributed by atoms with Crippen LogP contribution in [0, 0.1) is 0 Å². The first kappa shape index (κ1) is 15.3. The number of sulfone groups is 1. The van der Waals surface area contributed by atoms with Gasteiger partial charge in [0.25, 0.3) is 0 Å². The van der Waals surface area contributed by atoms with Crippen LogP contribution in [0.15, 0.2) is 24.3 Å². The van der Waals surface area contributed by atoms with Gasteiger partial charge in [-0.1, -0.05) is 19.1 Å². The van der Waals surface area contributed by atoms with E-state index in [0.29, 0.717) is 6.10 Å². The van der Waals surface area contributed by atoms with Crippen molar-refractivity contribution in [2.45, 2.75) is 44.1 Å². The number of nitrogens with one attached hydrogen (secondary N) is 1. The van der Waals surface area contributed by atoms with Gasteiger partial charge in [-0.2, -0.15) is 0 Å². The highest BCUT2D eigenvalue weighted by molar-refractivity contribution is 7.91. The van der Waals surface area contributed by atoms with E-state index in [1.165, 1.54) is 6.26 Å². The lowest BCUT2D eigenvalue weighted by molar-refractivity contribution is 0.303. The van der Waals surface area contributed by atoms with Crippen molar-refractivity contribution in [2.24, 2.45) is 0 Å². The molecule has 0 heterocycles. The molecule has 0 spiro atoms. The van der Waals surface area contributed by atoms with E-state index in [2.05, 4.69) is 5.32 Å². The summed E-state index contributed by atoms with van der Waals surface area (Å²) < 4.78 is 29.3. The zero-order valence-corrected chi connectivity index (χ0v) is 13.1. The lowest BCUT2D eigenvalue weighted by Gasteiger charge is -2.24. The van der Waals surface area contributed by atoms with Crippen molar-refractivity contribution in [1.82, 2.24) is 5.32 Å². The molecule has 0 aliphatic heterocycles. The molecule has 20 heavy (non-hydrogen) atoms. The summed E-state index contributed by atoms with van der Waals surface area (Å²) in [6, 6.07) is 7.56. The Hall–Kier alpha value is -1.07. The molecule has 1 aliphatic carbocycles. The normalized spacial score (nSPS) is 18.6. The SMILES string of the molecule is CCNC(c1ccc(OC2CC2)cc1)C(C)S(C)(=O)=O. The van der Waals surface area contributed by atoms with E-state index in [-0.39, 0.29) is 6.04 Å². The highest BCUT2D eigenvalue weighted by atomic mass is 32.2. The summed E-state index contributed by atoms with van der Waals surface area (Å²) in [7, 11) is -3.09. The quantitative estimate of drug-likeness (QED) is 0.839. The third-order valence-corrected chi connectivity index (χ3v) is 5.26. The Kier molecular flexibility index (Phi) is 4.70. The molecule has 1 N–H and O–H groups in total. The predicted octanol–water partition coefficient (Wildman–Crippen LogP) is 2.31. The number of ether oxygens (including phenoxy) is 1. The van der Waals surface area contributed by atoms with Crippen molar-refractivity contribution in [3.8, 4) is 5.75 Å². The van der Waals surface area contributed by atoms with Crippen LogP contribution in [0.1, 0.15) is 38.3 Å². The van der Waals surface area contributed by atoms with Gasteiger partial charge >= 0.3 is 0 Å². The van der Waals surface area contributed by atoms with Gasteiger partial charge in [-0.05, 0) is 44.0 Å². The van der Waals surface area contributed by atoms with E-state index < -0.39 is 15.1 Å². The monoisotopic (exact) mass is 297 g/mol. The average Bonchev–Trinajstić information content (AvgIpc) is 3.19. The molecule has 1 saturated carbocycles. The lowest BCUT2D eigenvalue weighted by atomic mass is 10.0. The first-order chi connectivity index (χ1) is 9.41. The lowest BCUT2D eigenvalue weighted by Crippen LogP contribution is -2.34. The molecular formula is C15H23NO3S. The molecule has 2 atom stereocenters. The molecule has 1 fully saturated rings. The van der Waals surface area contributed by atoms with Gasteiger partial charge in [0.05, 0.1) is 11.4 Å². The Morgan fingerprint density at radius 2 is 1.90 bits per heavy atom. The van der Waals surface area contributed by atoms with Crippen LogP contribution in [0.4, 0.5) is 0 Å². The molecule has 2 rings (SSSR count). The van der Waals surface area contributed by atoms with Crippen LogP contribution in [0.3, 0.4) is 0 Å². The second-order valence-electron chi connectivity index (χ2n) is 5.46. The van der Waals surface area contributed by atoms with Crippen molar-refractivity contribution in [2.75, 3.05) is 12.8 Å². The van der Waals surface area contributed by atoms with Gasteiger partial charge in [-0.3, -0.25) is 0 Å². The molecule has 0 aromatic heterocycles. The minimum Gasteiger partial charge on any atom is -0.490 e. The summed E-state index contributed by atoms with van der Waals surface area (Å²) in [6.07, 6.45) is 3.92. The molecule has 112 valence electrons. The Morgan fingerprint density at radius 3 is 2.35 bits per heavy atom. The summed E-state index contributed by atoms with van der Waals surface area (Å²) in [4.78, 5) is 0. The molecule has 1 aromatic rings. The third kappa shape index (κ3) is 3.96. The van der Waals surface area contributed by atoms with Crippen molar-refractivity contribution in [1.29, 1.82) is 0 Å². The number of hydrogen-bond donors (Lipinski definition) is 1. The van der Waals surface area contributed by atoms with Gasteiger partial charge in [-0.25, -0.2) is 8.42 Å². The van der Waals surface area contributed by atoms with Gasteiger partial charge in [0.15, 0.2) is 9.84 Å². The molecule has 0 amide bonds. The highest BCUT2D eigenvalue weighted by Gasteiger charge is 2.27. The fraction of sp³-hybridized carbons (Fsp3) is 0.600. The van der Waals surface area contributed by atoms with Crippen molar-refractivity contribution < 1.29 is 13.2 Å². The van der Waals surface area contributed by atoms with Gasteiger partial charge in [0.1, 0.15) is 5.75 Å². The topological polar surface area (TPSA) is 55.4 Å². The molecule has 2 unspecified atom stereocenters. The number of benzene rings is 1. The summed E-state index contributed by atoms with van der Waals surface area (Å²) in [5, 5.41) is 2.80. The maximum absolute atomic E-state index is 11.8. The Bertz CT molecular complexity index is 535. The minimum atomic E-state index is -3.09. The van der Waals surface area contributed by atoms with E-state index in [0.717, 1.165) is 30.7 Å². The summed E-state index contributed by atoms with van der Waals surface area (Å²) in [5.41, 5.74) is 0.980. The largest absolute Gasteiger partial charge is 0.490 e. The van der Waals surface area contributed by atoms with Crippen LogP contribution in [0.25, 0.3) is 0 Å². The van der Waals surface area contributed by atoms with Crippen molar-refractivity contribution in [3.63, 3.8) is 0 Å². The molecule has 1 aliphatic rings. The van der Waals surface area contributed by atoms with Crippen molar-refractivity contribution in [3.05, 3.63) is 29.8 Å². The van der Waals surface area contributed by atoms with Crippen LogP contribution < -0.4 is 10.1 Å². The second-order valence-corrected chi connectivity index (χ2v) is 7.86. The highest BCUT2D eigenvalue weighted by Crippen LogP contribution is 2.28. The van der Waals surface area contributed by atoms with Crippen LogP contribution >= 0.6 is 0 Å². The van der Waals surface area contributed by atoms with Crippen LogP contribution in [-0.4, -0.2) is 32.6 Å². The van der Waals surface area contributed by atoms with Crippen LogP contribution in [0.5, 0.6) is 5.75 Å². The maximum atomic E-state index is 11.8. The zero-order chi connectivity index (χ0) is 14.8. The predicted molar refractivity (Wildman–Crippen MR) is 80.8 cm³/mol. The Labute approximate surface area is 121 Å². The van der Waals surface area contributed by atoms with Crippen LogP contribution in [0.2, 0.25) is 0 Å². The molecule has 4 nitrogen and oxygen atoms in total. The number of hydrogen-bond acceptors (Lipinski definition) is 4. The summed E-state index contributed by atoms with van der Waals surface area (Å²) in [5.74, 6) is 0.860. The smallest absolute Gasteiger partial charge is 0.151 e. The molecule has 1 aromatic carbocycles. The Balaban J connectivity index is 2.15. The van der Waals surface area contributed by atoms with E-state index in [9.17, 15) is 8.42 Å². The maximum Gasteiger partial charge on any atom is 0.151 e. The standard InChI is InChI=1S/C15H23NO3S/c1-4-16-15(11(2)20(3,17)18)12-5-7-13(8-6-12)19-14-9-10-14/h5-8,11,14-16H,4,9-10H2,1-3H3. The van der Waals surface area contributed by atoms with Crippen LogP contribution in [-0.2, 0) is 9.84 Å². The zero-order valence-electron chi connectivity index (χ0n) is 12.3. The van der Waals surface area contributed by atoms with E-state index in [1.807, 2.05) is 31.2 Å². The fourth-order valence-electron chi connectivity index (χ4n) is 2.15. The van der Waals surface area contributed by atoms with Gasteiger partial charge < -0.3 is 10.1 Å². The first-order valence-electron chi connectivity index (χ1n) is 7.10. The Morgan fingerprint density at radius 1 is 1.30 bits per heavy atom. The molecule has 0 bridgehead atoms. The van der Waals surface area contributed by atoms with Crippen molar-refractivity contribution >= 4 is 9.84 Å². The van der Waals surface area contributed by atoms with E-state index in [4.69, 9.17) is 4.74 Å². The average molecular weight is 297 g/mol. The fourth-order valence-corrected chi connectivity index (χ4v) is 2.90. The number of rotatable bonds is 7. The van der Waals surface area contributed by atoms with Gasteiger partial charge in [0.2, 0.25) is 0 Å².